The molecule has 0 unspecified atom stereocenters. The lowest BCUT2D eigenvalue weighted by Gasteiger charge is -2.11. The Morgan fingerprint density at radius 3 is 2.50 bits per heavy atom. The molecule has 7 nitrogen and oxygen atoms in total. The molecule has 2 heterocycles. The molecule has 0 saturated carbocycles. The topological polar surface area (TPSA) is 94.3 Å². The first kappa shape index (κ1) is 18.1. The summed E-state index contributed by atoms with van der Waals surface area (Å²) in [6.45, 7) is 3.81. The molecule has 0 amide bonds. The van der Waals surface area contributed by atoms with Crippen LogP contribution in [0, 0.1) is 0 Å². The second-order valence-electron chi connectivity index (χ2n) is 5.79. The lowest BCUT2D eigenvalue weighted by atomic mass is 10.2. The predicted molar refractivity (Wildman–Crippen MR) is 96.0 cm³/mol. The number of benzene rings is 1. The minimum Gasteiger partial charge on any atom is -0.491 e. The fourth-order valence-electron chi connectivity index (χ4n) is 2.33. The van der Waals surface area contributed by atoms with E-state index in [0.717, 1.165) is 0 Å². The van der Waals surface area contributed by atoms with Crippen molar-refractivity contribution < 1.29 is 17.6 Å². The average molecular weight is 373 g/mol. The first-order chi connectivity index (χ1) is 12.5. The van der Waals surface area contributed by atoms with Crippen molar-refractivity contribution in [2.24, 2.45) is 0 Å². The highest BCUT2D eigenvalue weighted by Gasteiger charge is 2.17. The number of nitrogens with one attached hydrogen (secondary N) is 1. The Hall–Kier alpha value is -2.71. The highest BCUT2D eigenvalue weighted by molar-refractivity contribution is 7.89. The van der Waals surface area contributed by atoms with E-state index in [1.165, 1.54) is 30.8 Å². The van der Waals surface area contributed by atoms with Gasteiger partial charge in [-0.3, -0.25) is 4.98 Å². The molecule has 0 fully saturated rings. The molecule has 8 heteroatoms. The second-order valence-corrected chi connectivity index (χ2v) is 7.56. The molecular formula is C18H19N3O4S. The number of hydrogen-bond donors (Lipinski definition) is 1. The van der Waals surface area contributed by atoms with Crippen molar-refractivity contribution in [3.63, 3.8) is 0 Å². The van der Waals surface area contributed by atoms with Crippen molar-refractivity contribution in [1.82, 2.24) is 14.7 Å². The minimum atomic E-state index is -3.69. The van der Waals surface area contributed by atoms with Crippen LogP contribution < -0.4 is 9.46 Å². The van der Waals surface area contributed by atoms with Gasteiger partial charge in [-0.25, -0.2) is 18.1 Å². The van der Waals surface area contributed by atoms with E-state index < -0.39 is 10.0 Å². The molecule has 0 spiro atoms. The molecule has 0 aliphatic carbocycles. The third kappa shape index (κ3) is 4.27. The van der Waals surface area contributed by atoms with Gasteiger partial charge in [-0.15, -0.1) is 0 Å². The number of furan rings is 1. The van der Waals surface area contributed by atoms with E-state index in [9.17, 15) is 8.42 Å². The van der Waals surface area contributed by atoms with Gasteiger partial charge in [0.25, 0.3) is 0 Å². The molecule has 3 rings (SSSR count). The Morgan fingerprint density at radius 1 is 1.12 bits per heavy atom. The van der Waals surface area contributed by atoms with E-state index in [1.54, 1.807) is 24.3 Å². The number of ether oxygens (including phenoxy) is 1. The Kier molecular flexibility index (Phi) is 5.34. The largest absolute Gasteiger partial charge is 0.491 e. The molecule has 136 valence electrons. The van der Waals surface area contributed by atoms with Crippen LogP contribution in [-0.4, -0.2) is 24.5 Å². The smallest absolute Gasteiger partial charge is 0.240 e. The van der Waals surface area contributed by atoms with Crippen molar-refractivity contribution in [2.45, 2.75) is 31.4 Å². The lowest BCUT2D eigenvalue weighted by molar-refractivity contribution is 0.242. The summed E-state index contributed by atoms with van der Waals surface area (Å²) in [7, 11) is -3.69. The molecule has 0 aliphatic heterocycles. The third-order valence-electron chi connectivity index (χ3n) is 3.46. The standard InChI is InChI=1S/C18H19N3O4S/c1-13(2)25-14-5-7-15(8-6-14)26(22,23)21-12-16-18(20-10-9-19-16)17-4-3-11-24-17/h3-11,13,21H,12H2,1-2H3. The van der Waals surface area contributed by atoms with Crippen molar-refractivity contribution in [3.05, 3.63) is 60.7 Å². The molecule has 26 heavy (non-hydrogen) atoms. The molecular weight excluding hydrogens is 354 g/mol. The van der Waals surface area contributed by atoms with Crippen molar-refractivity contribution in [1.29, 1.82) is 0 Å². The summed E-state index contributed by atoms with van der Waals surface area (Å²) in [5.74, 6) is 1.15. The average Bonchev–Trinajstić information content (AvgIpc) is 3.15. The molecule has 0 bridgehead atoms. The Morgan fingerprint density at radius 2 is 1.85 bits per heavy atom. The Bertz CT molecular complexity index is 952. The molecule has 3 aromatic rings. The van der Waals surface area contributed by atoms with E-state index in [4.69, 9.17) is 9.15 Å². The zero-order chi connectivity index (χ0) is 18.6. The van der Waals surface area contributed by atoms with Gasteiger partial charge < -0.3 is 9.15 Å². The number of rotatable bonds is 7. The van der Waals surface area contributed by atoms with E-state index in [0.29, 0.717) is 22.9 Å². The maximum absolute atomic E-state index is 12.5. The highest BCUT2D eigenvalue weighted by atomic mass is 32.2. The Labute approximate surface area is 152 Å². The van der Waals surface area contributed by atoms with Crippen LogP contribution in [0.4, 0.5) is 0 Å². The first-order valence-electron chi connectivity index (χ1n) is 8.06. The van der Waals surface area contributed by atoms with Crippen LogP contribution in [0.3, 0.4) is 0 Å². The van der Waals surface area contributed by atoms with E-state index in [-0.39, 0.29) is 17.5 Å². The van der Waals surface area contributed by atoms with Crippen LogP contribution in [-0.2, 0) is 16.6 Å². The van der Waals surface area contributed by atoms with Crippen molar-refractivity contribution >= 4 is 10.0 Å². The first-order valence-corrected chi connectivity index (χ1v) is 9.54. The number of nitrogens with zero attached hydrogens (tertiary/aromatic N) is 2. The van der Waals surface area contributed by atoms with E-state index in [2.05, 4.69) is 14.7 Å². The maximum atomic E-state index is 12.5. The van der Waals surface area contributed by atoms with Crippen LogP contribution in [0.25, 0.3) is 11.5 Å². The molecule has 0 atom stereocenters. The molecule has 1 N–H and O–H groups in total. The normalized spacial score (nSPS) is 11.7. The molecule has 1 aromatic carbocycles. The summed E-state index contributed by atoms with van der Waals surface area (Å²) in [5.41, 5.74) is 0.978. The monoisotopic (exact) mass is 373 g/mol. The summed E-state index contributed by atoms with van der Waals surface area (Å²) < 4.78 is 38.4. The van der Waals surface area contributed by atoms with Gasteiger partial charge in [0.1, 0.15) is 11.4 Å². The summed E-state index contributed by atoms with van der Waals surface area (Å²) in [6.07, 6.45) is 4.59. The summed E-state index contributed by atoms with van der Waals surface area (Å²) in [6, 6.07) is 9.75. The van der Waals surface area contributed by atoms with Crippen LogP contribution in [0.15, 0.2) is 64.4 Å². The number of hydrogen-bond acceptors (Lipinski definition) is 6. The fourth-order valence-corrected chi connectivity index (χ4v) is 3.32. The van der Waals surface area contributed by atoms with E-state index >= 15 is 0 Å². The summed E-state index contributed by atoms with van der Waals surface area (Å²) in [5, 5.41) is 0. The zero-order valence-electron chi connectivity index (χ0n) is 14.4. The number of sulfonamides is 1. The summed E-state index contributed by atoms with van der Waals surface area (Å²) in [4.78, 5) is 8.58. The van der Waals surface area contributed by atoms with Gasteiger partial charge in [-0.05, 0) is 50.2 Å². The SMILES string of the molecule is CC(C)Oc1ccc(S(=O)(=O)NCc2nccnc2-c2ccco2)cc1. The minimum absolute atomic E-state index is 0.00352. The van der Waals surface area contributed by atoms with Gasteiger partial charge in [0.05, 0.1) is 29.5 Å². The predicted octanol–water partition coefficient (Wildman–Crippen LogP) is 3.00. The van der Waals surface area contributed by atoms with Crippen LogP contribution >= 0.6 is 0 Å². The van der Waals surface area contributed by atoms with Gasteiger partial charge >= 0.3 is 0 Å². The zero-order valence-corrected chi connectivity index (χ0v) is 15.2. The number of aromatic nitrogens is 2. The highest BCUT2D eigenvalue weighted by Crippen LogP contribution is 2.21. The van der Waals surface area contributed by atoms with Crippen LogP contribution in [0.1, 0.15) is 19.5 Å². The fraction of sp³-hybridized carbons (Fsp3) is 0.222. The van der Waals surface area contributed by atoms with Gasteiger partial charge in [0.2, 0.25) is 10.0 Å². The molecule has 0 saturated heterocycles. The molecule has 0 radical (unpaired) electrons. The van der Waals surface area contributed by atoms with Crippen molar-refractivity contribution in [3.8, 4) is 17.2 Å². The van der Waals surface area contributed by atoms with Gasteiger partial charge in [-0.2, -0.15) is 0 Å². The maximum Gasteiger partial charge on any atom is 0.240 e. The summed E-state index contributed by atoms with van der Waals surface area (Å²) >= 11 is 0. The van der Waals surface area contributed by atoms with Gasteiger partial charge in [0.15, 0.2) is 5.76 Å². The quantitative estimate of drug-likeness (QED) is 0.684. The lowest BCUT2D eigenvalue weighted by Crippen LogP contribution is -2.24. The van der Waals surface area contributed by atoms with Gasteiger partial charge in [-0.1, -0.05) is 0 Å². The Balaban J connectivity index is 1.75. The van der Waals surface area contributed by atoms with Crippen LogP contribution in [0.5, 0.6) is 5.75 Å². The van der Waals surface area contributed by atoms with Gasteiger partial charge in [0, 0.05) is 12.4 Å². The van der Waals surface area contributed by atoms with Crippen molar-refractivity contribution in [2.75, 3.05) is 0 Å². The second kappa shape index (κ2) is 7.67. The van der Waals surface area contributed by atoms with E-state index in [1.807, 2.05) is 13.8 Å². The molecule has 0 aliphatic rings. The third-order valence-corrected chi connectivity index (χ3v) is 4.88. The molecule has 2 aromatic heterocycles. The van der Waals surface area contributed by atoms with Crippen LogP contribution in [0.2, 0.25) is 0 Å².